The van der Waals surface area contributed by atoms with Crippen molar-refractivity contribution in [1.29, 1.82) is 5.26 Å². The third-order valence-corrected chi connectivity index (χ3v) is 5.59. The monoisotopic (exact) mass is 440 g/mol. The Hall–Kier alpha value is -3.80. The van der Waals surface area contributed by atoms with E-state index >= 15 is 0 Å². The van der Waals surface area contributed by atoms with Crippen molar-refractivity contribution in [2.45, 2.75) is 38.0 Å². The molecule has 2 heterocycles. The third-order valence-electron chi connectivity index (χ3n) is 5.59. The first-order chi connectivity index (χ1) is 15.0. The van der Waals surface area contributed by atoms with Gasteiger partial charge in [0, 0.05) is 34.0 Å². The van der Waals surface area contributed by atoms with Crippen molar-refractivity contribution in [1.82, 2.24) is 14.8 Å². The molecule has 0 saturated carbocycles. The molecular weight excluding hydrogens is 421 g/mol. The van der Waals surface area contributed by atoms with E-state index in [1.54, 1.807) is 36.7 Å². The summed E-state index contributed by atoms with van der Waals surface area (Å²) in [6.07, 6.45) is 0.523. The predicted octanol–water partition coefficient (Wildman–Crippen LogP) is 5.10. The number of aliphatic carboxylic acids is 1. The number of H-pyrrole nitrogens is 1. The number of fused-ring (bicyclic) bond motifs is 2. The van der Waals surface area contributed by atoms with Crippen molar-refractivity contribution in [2.24, 2.45) is 0 Å². The number of rotatable bonds is 6. The zero-order valence-corrected chi connectivity index (χ0v) is 17.3. The Bertz CT molecular complexity index is 1380. The fourth-order valence-electron chi connectivity index (χ4n) is 4.12. The van der Waals surface area contributed by atoms with E-state index in [2.05, 4.69) is 16.3 Å². The lowest BCUT2D eigenvalue weighted by Crippen LogP contribution is -2.32. The number of carboxylic acid groups (broad SMARTS) is 1. The van der Waals surface area contributed by atoms with E-state index in [9.17, 15) is 23.2 Å². The summed E-state index contributed by atoms with van der Waals surface area (Å²) in [7, 11) is 0. The number of nitrogens with zero attached hydrogens (tertiary/aromatic N) is 3. The van der Waals surface area contributed by atoms with Crippen molar-refractivity contribution in [3.8, 4) is 11.8 Å². The number of nitriles is 1. The zero-order chi connectivity index (χ0) is 23.3. The van der Waals surface area contributed by atoms with Gasteiger partial charge < -0.3 is 9.67 Å². The van der Waals surface area contributed by atoms with Crippen LogP contribution in [-0.4, -0.2) is 31.8 Å². The van der Waals surface area contributed by atoms with Gasteiger partial charge in [0.25, 0.3) is 0 Å². The Balaban J connectivity index is 2.16. The first-order valence-electron chi connectivity index (χ1n) is 9.80. The Morgan fingerprint density at radius 2 is 1.94 bits per heavy atom. The molecule has 0 fully saturated rings. The summed E-state index contributed by atoms with van der Waals surface area (Å²) in [5.41, 5.74) is 1.21. The molecule has 0 aliphatic rings. The summed E-state index contributed by atoms with van der Waals surface area (Å²) in [6, 6.07) is 11.0. The topological polar surface area (TPSA) is 94.7 Å². The summed E-state index contributed by atoms with van der Waals surface area (Å²) >= 11 is 0. The maximum absolute atomic E-state index is 14.5. The van der Waals surface area contributed by atoms with E-state index in [1.165, 1.54) is 24.3 Å². The van der Waals surface area contributed by atoms with Gasteiger partial charge in [-0.15, -0.1) is 0 Å². The van der Waals surface area contributed by atoms with Crippen LogP contribution in [-0.2, 0) is 16.6 Å². The lowest BCUT2D eigenvalue weighted by atomic mass is 9.82. The zero-order valence-electron chi connectivity index (χ0n) is 17.3. The van der Waals surface area contributed by atoms with Crippen LogP contribution < -0.4 is 0 Å². The van der Waals surface area contributed by atoms with Gasteiger partial charge in [-0.2, -0.15) is 19.1 Å². The number of carbonyl (C=O) groups is 1. The molecule has 0 aliphatic heterocycles. The van der Waals surface area contributed by atoms with Crippen LogP contribution >= 0.6 is 0 Å². The van der Waals surface area contributed by atoms with Crippen LogP contribution in [0.2, 0.25) is 0 Å². The Labute approximate surface area is 180 Å². The van der Waals surface area contributed by atoms with Crippen molar-refractivity contribution in [3.05, 3.63) is 59.7 Å². The van der Waals surface area contributed by atoms with Gasteiger partial charge in [-0.05, 0) is 42.0 Å². The summed E-state index contributed by atoms with van der Waals surface area (Å²) < 4.78 is 44.3. The molecule has 2 aromatic carbocycles. The smallest absolute Gasteiger partial charge is 0.374 e. The third kappa shape index (κ3) is 3.47. The van der Waals surface area contributed by atoms with Gasteiger partial charge in [0.2, 0.25) is 0 Å². The molecule has 6 nitrogen and oxygen atoms in total. The molecule has 0 unspecified atom stereocenters. The number of nitrogens with one attached hydrogen (secondary N) is 1. The second-order valence-electron chi connectivity index (χ2n) is 8.37. The first-order valence-corrected chi connectivity index (χ1v) is 9.80. The molecule has 4 aromatic rings. The number of alkyl halides is 2. The summed E-state index contributed by atoms with van der Waals surface area (Å²) in [5, 5.41) is 26.4. The van der Waals surface area contributed by atoms with Crippen LogP contribution in [0.5, 0.6) is 0 Å². The lowest BCUT2D eigenvalue weighted by Gasteiger charge is -2.27. The molecule has 0 atom stereocenters. The second kappa shape index (κ2) is 7.41. The van der Waals surface area contributed by atoms with Gasteiger partial charge in [0.15, 0.2) is 0 Å². The molecule has 0 aliphatic carbocycles. The van der Waals surface area contributed by atoms with E-state index in [-0.39, 0.29) is 12.0 Å². The van der Waals surface area contributed by atoms with Crippen LogP contribution in [0.1, 0.15) is 31.5 Å². The largest absolute Gasteiger partial charge is 0.477 e. The molecule has 0 spiro atoms. The highest BCUT2D eigenvalue weighted by molar-refractivity contribution is 5.99. The summed E-state index contributed by atoms with van der Waals surface area (Å²) in [5.74, 6) is -6.72. The summed E-state index contributed by atoms with van der Waals surface area (Å²) in [6.45, 7) is 3.47. The number of benzene rings is 2. The molecule has 0 amide bonds. The van der Waals surface area contributed by atoms with Crippen molar-refractivity contribution < 1.29 is 23.1 Å². The molecule has 164 valence electrons. The number of hydrogen-bond acceptors (Lipinski definition) is 3. The summed E-state index contributed by atoms with van der Waals surface area (Å²) in [4.78, 5) is 11.3. The SMILES string of the molecule is CC(C)(CC#N)c1c(CC(F)(F)C(=O)O)c2cc3[nH]ncc3cc2n1-c1ccc(F)cc1. The Morgan fingerprint density at radius 3 is 2.56 bits per heavy atom. The maximum atomic E-state index is 14.5. The van der Waals surface area contributed by atoms with Gasteiger partial charge in [0.1, 0.15) is 5.82 Å². The highest BCUT2D eigenvalue weighted by Gasteiger charge is 2.43. The molecular formula is C23H19F3N4O2. The van der Waals surface area contributed by atoms with Crippen LogP contribution in [0.3, 0.4) is 0 Å². The normalized spacial score (nSPS) is 12.4. The molecule has 0 radical (unpaired) electrons. The van der Waals surface area contributed by atoms with E-state index < -0.39 is 29.5 Å². The van der Waals surface area contributed by atoms with E-state index in [0.29, 0.717) is 27.8 Å². The molecule has 0 saturated heterocycles. The minimum absolute atomic E-state index is 0.00438. The lowest BCUT2D eigenvalue weighted by molar-refractivity contribution is -0.164. The Kier molecular flexibility index (Phi) is 4.96. The fourth-order valence-corrected chi connectivity index (χ4v) is 4.12. The number of aromatic amines is 1. The standard InChI is InChI=1S/C23H19F3N4O2/c1-22(2,7-8-27)20-17(11-23(25,26)21(31)32)16-10-18-13(12-28-29-18)9-19(16)30(20)15-5-3-14(24)4-6-15/h3-6,9-10,12H,7,11H2,1-2H3,(H,28,29)(H,31,32). The van der Waals surface area contributed by atoms with Gasteiger partial charge in [-0.3, -0.25) is 5.10 Å². The maximum Gasteiger partial charge on any atom is 0.374 e. The molecule has 4 rings (SSSR count). The highest BCUT2D eigenvalue weighted by atomic mass is 19.3. The van der Waals surface area contributed by atoms with Crippen molar-refractivity contribution in [2.75, 3.05) is 0 Å². The predicted molar refractivity (Wildman–Crippen MR) is 112 cm³/mol. The fraction of sp³-hybridized carbons (Fsp3) is 0.261. The average molecular weight is 440 g/mol. The number of hydrogen-bond donors (Lipinski definition) is 2. The van der Waals surface area contributed by atoms with Crippen LogP contribution in [0.4, 0.5) is 13.2 Å². The highest BCUT2D eigenvalue weighted by Crippen LogP contribution is 2.42. The number of carboxylic acids is 1. The van der Waals surface area contributed by atoms with E-state index in [0.717, 1.165) is 5.39 Å². The van der Waals surface area contributed by atoms with Crippen LogP contribution in [0.25, 0.3) is 27.5 Å². The van der Waals surface area contributed by atoms with Crippen LogP contribution in [0.15, 0.2) is 42.6 Å². The molecule has 2 N–H and O–H groups in total. The van der Waals surface area contributed by atoms with Crippen molar-refractivity contribution in [3.63, 3.8) is 0 Å². The molecule has 9 heteroatoms. The van der Waals surface area contributed by atoms with Gasteiger partial charge >= 0.3 is 11.9 Å². The minimum Gasteiger partial charge on any atom is -0.477 e. The molecule has 32 heavy (non-hydrogen) atoms. The first kappa shape index (κ1) is 21.4. The molecule has 2 aromatic heterocycles. The second-order valence-corrected chi connectivity index (χ2v) is 8.37. The number of aromatic nitrogens is 3. The van der Waals surface area contributed by atoms with Crippen molar-refractivity contribution >= 4 is 27.8 Å². The minimum atomic E-state index is -4.03. The van der Waals surface area contributed by atoms with Gasteiger partial charge in [-0.25, -0.2) is 9.18 Å². The van der Waals surface area contributed by atoms with Gasteiger partial charge in [-0.1, -0.05) is 13.8 Å². The Morgan fingerprint density at radius 1 is 1.25 bits per heavy atom. The van der Waals surface area contributed by atoms with Gasteiger partial charge in [0.05, 0.1) is 29.7 Å². The molecule has 0 bridgehead atoms. The van der Waals surface area contributed by atoms with E-state index in [1.807, 2.05) is 0 Å². The van der Waals surface area contributed by atoms with E-state index in [4.69, 9.17) is 5.11 Å². The quantitative estimate of drug-likeness (QED) is 0.436. The number of halogens is 3. The average Bonchev–Trinajstić information content (AvgIpc) is 3.29. The van der Waals surface area contributed by atoms with Crippen LogP contribution in [0, 0.1) is 17.1 Å².